The molecule has 4 aromatic rings. The first-order chi connectivity index (χ1) is 14.3. The highest BCUT2D eigenvalue weighted by atomic mass is 16.2. The van der Waals surface area contributed by atoms with E-state index >= 15 is 0 Å². The summed E-state index contributed by atoms with van der Waals surface area (Å²) in [5.74, 6) is 0.0695. The first kappa shape index (κ1) is 17.6. The summed E-state index contributed by atoms with van der Waals surface area (Å²) in [4.78, 5) is 24.6. The van der Waals surface area contributed by atoms with Crippen LogP contribution in [0.25, 0.3) is 22.2 Å². The van der Waals surface area contributed by atoms with E-state index < -0.39 is 0 Å². The lowest BCUT2D eigenvalue weighted by molar-refractivity contribution is 0.0732. The van der Waals surface area contributed by atoms with Crippen LogP contribution < -0.4 is 0 Å². The number of para-hydroxylation sites is 1. The highest BCUT2D eigenvalue weighted by molar-refractivity contribution is 6.07. The molecule has 2 aromatic carbocycles. The van der Waals surface area contributed by atoms with E-state index in [9.17, 15) is 4.79 Å². The van der Waals surface area contributed by atoms with Gasteiger partial charge in [-0.1, -0.05) is 48.5 Å². The zero-order chi connectivity index (χ0) is 19.6. The molecule has 0 unspecified atom stereocenters. The predicted octanol–water partition coefficient (Wildman–Crippen LogP) is 5.10. The first-order valence-electron chi connectivity index (χ1n) is 9.95. The Morgan fingerprint density at radius 3 is 2.41 bits per heavy atom. The molecule has 0 aliphatic heterocycles. The molecule has 4 heteroatoms. The van der Waals surface area contributed by atoms with E-state index in [-0.39, 0.29) is 5.91 Å². The molecule has 1 fully saturated rings. The Bertz CT molecular complexity index is 1150. The second-order valence-electron chi connectivity index (χ2n) is 7.46. The molecule has 2 aromatic heterocycles. The molecule has 142 valence electrons. The van der Waals surface area contributed by atoms with Gasteiger partial charge in [-0.2, -0.15) is 0 Å². The maximum atomic E-state index is 13.7. The van der Waals surface area contributed by atoms with Gasteiger partial charge >= 0.3 is 0 Å². The largest absolute Gasteiger partial charge is 0.331 e. The van der Waals surface area contributed by atoms with Crippen molar-refractivity contribution in [2.24, 2.45) is 0 Å². The third kappa shape index (κ3) is 3.61. The molecule has 0 saturated heterocycles. The lowest BCUT2D eigenvalue weighted by Crippen LogP contribution is -2.32. The summed E-state index contributed by atoms with van der Waals surface area (Å²) < 4.78 is 0. The first-order valence-corrected chi connectivity index (χ1v) is 9.95. The van der Waals surface area contributed by atoms with Gasteiger partial charge in [0.15, 0.2) is 0 Å². The lowest BCUT2D eigenvalue weighted by Gasteiger charge is -2.23. The Labute approximate surface area is 169 Å². The number of carbonyl (C=O) groups is 1. The van der Waals surface area contributed by atoms with Gasteiger partial charge in [0.1, 0.15) is 0 Å². The fourth-order valence-corrected chi connectivity index (χ4v) is 3.70. The molecule has 0 spiro atoms. The summed E-state index contributed by atoms with van der Waals surface area (Å²) >= 11 is 0. The predicted molar refractivity (Wildman–Crippen MR) is 114 cm³/mol. The molecule has 2 heterocycles. The standard InChI is InChI=1S/C25H21N3O/c29-25(28(20-10-11-20)17-18-12-14-26-15-13-18)22-16-24(19-6-2-1-3-7-19)27-23-9-5-4-8-21(22)23/h1-9,12-16,20H,10-11,17H2. The minimum absolute atomic E-state index is 0.0695. The summed E-state index contributed by atoms with van der Waals surface area (Å²) in [6.07, 6.45) is 5.68. The van der Waals surface area contributed by atoms with Gasteiger partial charge in [0.25, 0.3) is 5.91 Å². The van der Waals surface area contributed by atoms with E-state index in [1.165, 1.54) is 0 Å². The minimum Gasteiger partial charge on any atom is -0.331 e. The fraction of sp³-hybridized carbons (Fsp3) is 0.160. The SMILES string of the molecule is O=C(c1cc(-c2ccccc2)nc2ccccc12)N(Cc1ccncc1)C1CC1. The number of nitrogens with zero attached hydrogens (tertiary/aromatic N) is 3. The van der Waals surface area contributed by atoms with Crippen molar-refractivity contribution in [1.82, 2.24) is 14.9 Å². The van der Waals surface area contributed by atoms with Crippen LogP contribution in [0.5, 0.6) is 0 Å². The second-order valence-corrected chi connectivity index (χ2v) is 7.46. The van der Waals surface area contributed by atoms with Crippen LogP contribution in [0, 0.1) is 0 Å². The van der Waals surface area contributed by atoms with Crippen molar-refractivity contribution in [3.05, 3.63) is 96.3 Å². The van der Waals surface area contributed by atoms with Crippen molar-refractivity contribution < 1.29 is 4.79 Å². The van der Waals surface area contributed by atoms with Crippen molar-refractivity contribution in [1.29, 1.82) is 0 Å². The Hall–Kier alpha value is -3.53. The third-order valence-electron chi connectivity index (χ3n) is 5.37. The molecule has 1 amide bonds. The van der Waals surface area contributed by atoms with Crippen LogP contribution >= 0.6 is 0 Å². The number of aromatic nitrogens is 2. The maximum Gasteiger partial charge on any atom is 0.255 e. The van der Waals surface area contributed by atoms with Crippen LogP contribution in [0.2, 0.25) is 0 Å². The van der Waals surface area contributed by atoms with Crippen molar-refractivity contribution >= 4 is 16.8 Å². The zero-order valence-corrected chi connectivity index (χ0v) is 16.0. The molecular weight excluding hydrogens is 358 g/mol. The Kier molecular flexibility index (Phi) is 4.53. The topological polar surface area (TPSA) is 46.1 Å². The van der Waals surface area contributed by atoms with E-state index in [0.29, 0.717) is 12.6 Å². The van der Waals surface area contributed by atoms with Gasteiger partial charge in [-0.3, -0.25) is 9.78 Å². The summed E-state index contributed by atoms with van der Waals surface area (Å²) in [5, 5.41) is 0.901. The van der Waals surface area contributed by atoms with Gasteiger partial charge in [-0.25, -0.2) is 4.98 Å². The maximum absolute atomic E-state index is 13.7. The van der Waals surface area contributed by atoms with Gasteiger partial charge in [-0.15, -0.1) is 0 Å². The highest BCUT2D eigenvalue weighted by Gasteiger charge is 2.34. The number of amides is 1. The van der Waals surface area contributed by atoms with Crippen LogP contribution in [0.1, 0.15) is 28.8 Å². The van der Waals surface area contributed by atoms with Crippen LogP contribution in [-0.4, -0.2) is 26.8 Å². The summed E-state index contributed by atoms with van der Waals surface area (Å²) in [6.45, 7) is 0.601. The molecule has 5 rings (SSSR count). The molecule has 0 atom stereocenters. The normalized spacial score (nSPS) is 13.4. The van der Waals surface area contributed by atoms with E-state index in [0.717, 1.165) is 46.1 Å². The van der Waals surface area contributed by atoms with E-state index in [1.54, 1.807) is 12.4 Å². The van der Waals surface area contributed by atoms with Crippen LogP contribution in [0.4, 0.5) is 0 Å². The molecule has 1 saturated carbocycles. The number of fused-ring (bicyclic) bond motifs is 1. The number of pyridine rings is 2. The Balaban J connectivity index is 1.59. The van der Waals surface area contributed by atoms with Gasteiger partial charge in [0.05, 0.1) is 16.8 Å². The van der Waals surface area contributed by atoms with Crippen LogP contribution in [-0.2, 0) is 6.54 Å². The minimum atomic E-state index is 0.0695. The van der Waals surface area contributed by atoms with E-state index in [1.807, 2.05) is 77.7 Å². The average Bonchev–Trinajstić information content (AvgIpc) is 3.63. The zero-order valence-electron chi connectivity index (χ0n) is 16.0. The smallest absolute Gasteiger partial charge is 0.255 e. The van der Waals surface area contributed by atoms with E-state index in [4.69, 9.17) is 4.98 Å². The van der Waals surface area contributed by atoms with Crippen LogP contribution in [0.15, 0.2) is 85.2 Å². The van der Waals surface area contributed by atoms with Crippen molar-refractivity contribution in [2.45, 2.75) is 25.4 Å². The molecule has 4 nitrogen and oxygen atoms in total. The summed E-state index contributed by atoms with van der Waals surface area (Å²) in [5.41, 5.74) is 4.50. The monoisotopic (exact) mass is 379 g/mol. The van der Waals surface area contributed by atoms with Crippen molar-refractivity contribution in [2.75, 3.05) is 0 Å². The highest BCUT2D eigenvalue weighted by Crippen LogP contribution is 2.32. The molecule has 1 aliphatic rings. The molecule has 0 bridgehead atoms. The number of benzene rings is 2. The van der Waals surface area contributed by atoms with Crippen molar-refractivity contribution in [3.8, 4) is 11.3 Å². The second kappa shape index (κ2) is 7.47. The fourth-order valence-electron chi connectivity index (χ4n) is 3.70. The summed E-state index contributed by atoms with van der Waals surface area (Å²) in [6, 6.07) is 24.1. The average molecular weight is 379 g/mol. The quantitative estimate of drug-likeness (QED) is 0.484. The molecule has 0 N–H and O–H groups in total. The van der Waals surface area contributed by atoms with Gasteiger partial charge in [0.2, 0.25) is 0 Å². The lowest BCUT2D eigenvalue weighted by atomic mass is 10.0. The Morgan fingerprint density at radius 2 is 1.66 bits per heavy atom. The molecule has 0 radical (unpaired) electrons. The number of hydrogen-bond donors (Lipinski definition) is 0. The van der Waals surface area contributed by atoms with Crippen molar-refractivity contribution in [3.63, 3.8) is 0 Å². The van der Waals surface area contributed by atoms with Gasteiger partial charge < -0.3 is 4.90 Å². The third-order valence-corrected chi connectivity index (χ3v) is 5.37. The number of carbonyl (C=O) groups excluding carboxylic acids is 1. The summed E-state index contributed by atoms with van der Waals surface area (Å²) in [7, 11) is 0. The number of hydrogen-bond acceptors (Lipinski definition) is 3. The molecular formula is C25H21N3O. The Morgan fingerprint density at radius 1 is 0.931 bits per heavy atom. The molecule has 29 heavy (non-hydrogen) atoms. The van der Waals surface area contributed by atoms with Crippen LogP contribution in [0.3, 0.4) is 0 Å². The molecule has 1 aliphatic carbocycles. The van der Waals surface area contributed by atoms with E-state index in [2.05, 4.69) is 4.98 Å². The van der Waals surface area contributed by atoms with Gasteiger partial charge in [0, 0.05) is 35.9 Å². The number of rotatable bonds is 5. The van der Waals surface area contributed by atoms with Gasteiger partial charge in [-0.05, 0) is 42.7 Å².